The molecule has 156 valence electrons. The number of rotatable bonds is 9. The molecule has 6 nitrogen and oxygen atoms in total. The molecule has 0 radical (unpaired) electrons. The third-order valence-corrected chi connectivity index (χ3v) is 4.96. The fraction of sp³-hybridized carbons (Fsp3) is 0.250. The van der Waals surface area contributed by atoms with Crippen molar-refractivity contribution < 1.29 is 14.2 Å². The lowest BCUT2D eigenvalue weighted by atomic mass is 10.0. The lowest BCUT2D eigenvalue weighted by molar-refractivity contribution is 0.215. The highest BCUT2D eigenvalue weighted by atomic mass is 16.5. The normalized spacial score (nSPS) is 18.1. The number of nitrogens with one attached hydrogen (secondary N) is 2. The van der Waals surface area contributed by atoms with Crippen LogP contribution in [0.3, 0.4) is 0 Å². The zero-order valence-corrected chi connectivity index (χ0v) is 16.8. The molecule has 2 atom stereocenters. The predicted molar refractivity (Wildman–Crippen MR) is 118 cm³/mol. The van der Waals surface area contributed by atoms with Gasteiger partial charge in [0.15, 0.2) is 0 Å². The molecule has 1 aliphatic heterocycles. The largest absolute Gasteiger partial charge is 0.492 e. The van der Waals surface area contributed by atoms with Gasteiger partial charge in [0.05, 0.1) is 12.1 Å². The number of para-hydroxylation sites is 2. The minimum absolute atomic E-state index is 0.149. The molecule has 1 saturated heterocycles. The molecule has 0 bridgehead atoms. The van der Waals surface area contributed by atoms with E-state index in [1.54, 1.807) is 0 Å². The summed E-state index contributed by atoms with van der Waals surface area (Å²) in [6.45, 7) is 1.55. The van der Waals surface area contributed by atoms with Gasteiger partial charge in [0.1, 0.15) is 37.1 Å². The van der Waals surface area contributed by atoms with Gasteiger partial charge in [-0.25, -0.2) is 5.43 Å². The van der Waals surface area contributed by atoms with Crippen molar-refractivity contribution in [3.63, 3.8) is 0 Å². The number of anilines is 1. The average molecular weight is 405 g/mol. The van der Waals surface area contributed by atoms with Gasteiger partial charge in [-0.1, -0.05) is 36.4 Å². The first-order valence-electron chi connectivity index (χ1n) is 10.2. The van der Waals surface area contributed by atoms with Crippen molar-refractivity contribution in [3.8, 4) is 17.2 Å². The van der Waals surface area contributed by atoms with Gasteiger partial charge >= 0.3 is 0 Å². The van der Waals surface area contributed by atoms with Gasteiger partial charge in [0.25, 0.3) is 0 Å². The van der Waals surface area contributed by atoms with E-state index in [-0.39, 0.29) is 12.1 Å². The first-order valence-corrected chi connectivity index (χ1v) is 10.2. The van der Waals surface area contributed by atoms with Crippen LogP contribution in [0.25, 0.3) is 0 Å². The number of hydrogen-bond acceptors (Lipinski definition) is 6. The summed E-state index contributed by atoms with van der Waals surface area (Å²) in [5.74, 6) is 2.53. The molecule has 0 aromatic heterocycles. The van der Waals surface area contributed by atoms with Crippen LogP contribution >= 0.6 is 0 Å². The Balaban J connectivity index is 1.27. The lowest BCUT2D eigenvalue weighted by Crippen LogP contribution is -2.34. The zero-order valence-electron chi connectivity index (χ0n) is 16.8. The third kappa shape index (κ3) is 5.43. The molecular weight excluding hydrogens is 378 g/mol. The summed E-state index contributed by atoms with van der Waals surface area (Å²) in [6, 6.07) is 25.7. The average Bonchev–Trinajstić information content (AvgIpc) is 3.26. The summed E-state index contributed by atoms with van der Waals surface area (Å²) in [4.78, 5) is 0. The number of hydrazine groups is 1. The third-order valence-electron chi connectivity index (χ3n) is 4.96. The summed E-state index contributed by atoms with van der Waals surface area (Å²) in [6.07, 6.45) is 0.899. The Bertz CT molecular complexity index is 918. The first-order chi connectivity index (χ1) is 14.8. The molecule has 1 aliphatic rings. The van der Waals surface area contributed by atoms with E-state index in [1.807, 2.05) is 72.8 Å². The lowest BCUT2D eigenvalue weighted by Gasteiger charge is -2.16. The van der Waals surface area contributed by atoms with Crippen LogP contribution in [0, 0.1) is 0 Å². The van der Waals surface area contributed by atoms with E-state index in [0.29, 0.717) is 19.8 Å². The van der Waals surface area contributed by atoms with Crippen LogP contribution in [-0.2, 0) is 0 Å². The minimum atomic E-state index is 0.149. The molecular formula is C24H27N3O3. The predicted octanol–water partition coefficient (Wildman–Crippen LogP) is 3.71. The molecule has 1 heterocycles. The monoisotopic (exact) mass is 405 g/mol. The molecule has 0 spiro atoms. The summed E-state index contributed by atoms with van der Waals surface area (Å²) >= 11 is 0. The standard InChI is InChI=1S/C24H27N3O3/c25-18-10-12-21(13-11-18)30-17-19-16-23(27-26-19)22-8-4-5-9-24(22)29-15-14-28-20-6-2-1-3-7-20/h1-13,19,23,26-27H,14-17,25H2. The summed E-state index contributed by atoms with van der Waals surface area (Å²) in [5.41, 5.74) is 14.3. The molecule has 0 aliphatic carbocycles. The second kappa shape index (κ2) is 10.0. The van der Waals surface area contributed by atoms with Gasteiger partial charge in [-0.2, -0.15) is 0 Å². The van der Waals surface area contributed by atoms with E-state index < -0.39 is 0 Å². The highest BCUT2D eigenvalue weighted by Gasteiger charge is 2.27. The number of nitrogen functional groups attached to an aromatic ring is 1. The number of hydrogen-bond donors (Lipinski definition) is 3. The molecule has 1 fully saturated rings. The van der Waals surface area contributed by atoms with Crippen LogP contribution in [0.15, 0.2) is 78.9 Å². The van der Waals surface area contributed by atoms with Gasteiger partial charge in [0, 0.05) is 11.3 Å². The Morgan fingerprint density at radius 3 is 2.27 bits per heavy atom. The molecule has 2 unspecified atom stereocenters. The van der Waals surface area contributed by atoms with E-state index in [4.69, 9.17) is 19.9 Å². The van der Waals surface area contributed by atoms with E-state index in [2.05, 4.69) is 16.9 Å². The molecule has 4 rings (SSSR count). The Morgan fingerprint density at radius 1 is 0.733 bits per heavy atom. The van der Waals surface area contributed by atoms with Crippen LogP contribution in [0.2, 0.25) is 0 Å². The van der Waals surface area contributed by atoms with E-state index in [0.717, 1.165) is 34.9 Å². The quantitative estimate of drug-likeness (QED) is 0.372. The molecule has 3 aromatic carbocycles. The molecule has 0 amide bonds. The van der Waals surface area contributed by atoms with Gasteiger partial charge in [-0.05, 0) is 48.9 Å². The van der Waals surface area contributed by atoms with Gasteiger partial charge in [0.2, 0.25) is 0 Å². The minimum Gasteiger partial charge on any atom is -0.492 e. The maximum Gasteiger partial charge on any atom is 0.124 e. The summed E-state index contributed by atoms with van der Waals surface area (Å²) < 4.78 is 17.6. The number of ether oxygens (including phenoxy) is 3. The van der Waals surface area contributed by atoms with Crippen molar-refractivity contribution in [2.24, 2.45) is 0 Å². The zero-order chi connectivity index (χ0) is 20.6. The van der Waals surface area contributed by atoms with E-state index >= 15 is 0 Å². The van der Waals surface area contributed by atoms with Crippen molar-refractivity contribution in [1.29, 1.82) is 0 Å². The summed E-state index contributed by atoms with van der Waals surface area (Å²) in [7, 11) is 0. The maximum atomic E-state index is 6.01. The maximum absolute atomic E-state index is 6.01. The Hall–Kier alpha value is -3.22. The second-order valence-corrected chi connectivity index (χ2v) is 7.20. The fourth-order valence-electron chi connectivity index (χ4n) is 3.42. The van der Waals surface area contributed by atoms with Crippen LogP contribution in [-0.4, -0.2) is 25.9 Å². The first kappa shape index (κ1) is 20.1. The summed E-state index contributed by atoms with van der Waals surface area (Å²) in [5, 5.41) is 0. The fourth-order valence-corrected chi connectivity index (χ4v) is 3.42. The number of nitrogens with two attached hydrogens (primary N) is 1. The topological polar surface area (TPSA) is 77.8 Å². The van der Waals surface area contributed by atoms with Crippen LogP contribution in [0.5, 0.6) is 17.2 Å². The van der Waals surface area contributed by atoms with Crippen LogP contribution in [0.4, 0.5) is 5.69 Å². The Labute approximate surface area is 176 Å². The van der Waals surface area contributed by atoms with Crippen LogP contribution in [0.1, 0.15) is 18.0 Å². The molecule has 6 heteroatoms. The Morgan fingerprint density at radius 2 is 1.43 bits per heavy atom. The second-order valence-electron chi connectivity index (χ2n) is 7.20. The number of benzene rings is 3. The van der Waals surface area contributed by atoms with E-state index in [9.17, 15) is 0 Å². The highest BCUT2D eigenvalue weighted by molar-refractivity contribution is 5.41. The SMILES string of the molecule is Nc1ccc(OCC2CC(c3ccccc3OCCOc3ccccc3)NN2)cc1. The van der Waals surface area contributed by atoms with Crippen molar-refractivity contribution in [2.45, 2.75) is 18.5 Å². The molecule has 4 N–H and O–H groups in total. The van der Waals surface area contributed by atoms with Gasteiger partial charge in [-0.3, -0.25) is 5.43 Å². The van der Waals surface area contributed by atoms with Gasteiger partial charge in [-0.15, -0.1) is 0 Å². The molecule has 0 saturated carbocycles. The van der Waals surface area contributed by atoms with Crippen molar-refractivity contribution in [2.75, 3.05) is 25.6 Å². The van der Waals surface area contributed by atoms with Crippen molar-refractivity contribution >= 4 is 5.69 Å². The smallest absolute Gasteiger partial charge is 0.124 e. The van der Waals surface area contributed by atoms with E-state index in [1.165, 1.54) is 0 Å². The van der Waals surface area contributed by atoms with Gasteiger partial charge < -0.3 is 19.9 Å². The van der Waals surface area contributed by atoms with Crippen molar-refractivity contribution in [3.05, 3.63) is 84.4 Å². The molecule has 3 aromatic rings. The van der Waals surface area contributed by atoms with Crippen molar-refractivity contribution in [1.82, 2.24) is 10.9 Å². The Kier molecular flexibility index (Phi) is 6.69. The highest BCUT2D eigenvalue weighted by Crippen LogP contribution is 2.30. The molecule has 30 heavy (non-hydrogen) atoms. The van der Waals surface area contributed by atoms with Crippen LogP contribution < -0.4 is 30.8 Å².